The Kier molecular flexibility index (Phi) is 5.84. The summed E-state index contributed by atoms with van der Waals surface area (Å²) in [6.07, 6.45) is 4.60. The van der Waals surface area contributed by atoms with E-state index in [1.54, 1.807) is 18.1 Å². The molecule has 0 saturated carbocycles. The van der Waals surface area contributed by atoms with Gasteiger partial charge >= 0.3 is 0 Å². The van der Waals surface area contributed by atoms with Crippen molar-refractivity contribution < 1.29 is 0 Å². The molecule has 0 amide bonds. The number of aromatic amines is 2. The lowest BCUT2D eigenvalue weighted by atomic mass is 9.92. The molecule has 198 valence electrons. The van der Waals surface area contributed by atoms with E-state index in [2.05, 4.69) is 59.7 Å². The molecule has 11 nitrogen and oxygen atoms in total. The number of para-hydroxylation sites is 2. The number of nitrogens with zero attached hydrogens (tertiary/aromatic N) is 9. The number of benzene rings is 1. The van der Waals surface area contributed by atoms with E-state index >= 15 is 0 Å². The average molecular weight is 540 g/mol. The Morgan fingerprint density at radius 1 is 1.13 bits per heavy atom. The fraction of sp³-hybridized carbons (Fsp3) is 0.333. The molecule has 1 aromatic carbocycles. The van der Waals surface area contributed by atoms with Crippen LogP contribution < -0.4 is 9.80 Å². The minimum absolute atomic E-state index is 0.265. The number of aryl methyl sites for hydroxylation is 1. The lowest BCUT2D eigenvalue weighted by Gasteiger charge is -2.43. The van der Waals surface area contributed by atoms with Gasteiger partial charge in [-0.15, -0.1) is 5.10 Å². The Labute approximate surface area is 229 Å². The summed E-state index contributed by atoms with van der Waals surface area (Å²) in [5.41, 5.74) is 3.78. The highest BCUT2D eigenvalue weighted by atomic mass is 32.2. The fourth-order valence-corrected chi connectivity index (χ4v) is 6.19. The summed E-state index contributed by atoms with van der Waals surface area (Å²) in [5.74, 6) is 4.63. The van der Waals surface area contributed by atoms with Crippen LogP contribution in [0.1, 0.15) is 24.9 Å². The van der Waals surface area contributed by atoms with E-state index in [1.807, 2.05) is 48.0 Å². The number of imidazole rings is 1. The van der Waals surface area contributed by atoms with Gasteiger partial charge in [0.25, 0.3) is 5.78 Å². The average Bonchev–Trinajstić information content (AvgIpc) is 3.68. The van der Waals surface area contributed by atoms with Crippen LogP contribution in [0.5, 0.6) is 0 Å². The SMILES string of the molecule is Cc1cc(N2CC[C@@H](C)[C@@H](N(C)c3ncnc4[nH]ccc34)C2)n2nc(SCc3nc4ccccc4[nH]3)nc2n1. The van der Waals surface area contributed by atoms with E-state index in [-0.39, 0.29) is 6.04 Å². The van der Waals surface area contributed by atoms with E-state index in [0.717, 1.165) is 64.7 Å². The first-order valence-electron chi connectivity index (χ1n) is 13.1. The van der Waals surface area contributed by atoms with Gasteiger partial charge in [0, 0.05) is 38.1 Å². The number of piperidine rings is 1. The number of H-pyrrole nitrogens is 2. The molecule has 39 heavy (non-hydrogen) atoms. The van der Waals surface area contributed by atoms with Gasteiger partial charge in [-0.05, 0) is 37.5 Å². The Morgan fingerprint density at radius 2 is 2.03 bits per heavy atom. The third-order valence-corrected chi connectivity index (χ3v) is 8.43. The summed E-state index contributed by atoms with van der Waals surface area (Å²) < 4.78 is 1.88. The van der Waals surface area contributed by atoms with E-state index in [1.165, 1.54) is 0 Å². The summed E-state index contributed by atoms with van der Waals surface area (Å²) in [6.45, 7) is 6.12. The van der Waals surface area contributed by atoms with Crippen molar-refractivity contribution in [2.24, 2.45) is 5.92 Å². The van der Waals surface area contributed by atoms with Crippen molar-refractivity contribution in [2.45, 2.75) is 37.2 Å². The molecule has 2 N–H and O–H groups in total. The van der Waals surface area contributed by atoms with Gasteiger partial charge in [0.1, 0.15) is 29.4 Å². The number of anilines is 2. The van der Waals surface area contributed by atoms with Gasteiger partial charge < -0.3 is 19.8 Å². The Bertz CT molecular complexity index is 1750. The van der Waals surface area contributed by atoms with Crippen molar-refractivity contribution in [1.29, 1.82) is 0 Å². The van der Waals surface area contributed by atoms with Gasteiger partial charge in [-0.1, -0.05) is 30.8 Å². The number of likely N-dealkylation sites (N-methyl/N-ethyl adjacent to an activating group) is 1. The molecule has 6 heterocycles. The number of fused-ring (bicyclic) bond motifs is 3. The Hall–Kier alpha value is -4.19. The first-order chi connectivity index (χ1) is 19.0. The molecule has 1 aliphatic heterocycles. The molecular weight excluding hydrogens is 510 g/mol. The molecule has 1 saturated heterocycles. The van der Waals surface area contributed by atoms with Crippen molar-refractivity contribution in [1.82, 2.24) is 44.5 Å². The lowest BCUT2D eigenvalue weighted by Crippen LogP contribution is -2.51. The first kappa shape index (κ1) is 23.9. The molecular formula is C27H29N11S. The van der Waals surface area contributed by atoms with Crippen LogP contribution >= 0.6 is 11.8 Å². The summed E-state index contributed by atoms with van der Waals surface area (Å²) in [6, 6.07) is 12.5. The second-order valence-electron chi connectivity index (χ2n) is 10.2. The fourth-order valence-electron chi connectivity index (χ4n) is 5.50. The number of thioether (sulfide) groups is 1. The van der Waals surface area contributed by atoms with E-state index in [4.69, 9.17) is 10.1 Å². The van der Waals surface area contributed by atoms with Crippen LogP contribution in [0.3, 0.4) is 0 Å². The van der Waals surface area contributed by atoms with Gasteiger partial charge in [-0.2, -0.15) is 9.50 Å². The zero-order valence-electron chi connectivity index (χ0n) is 22.0. The smallest absolute Gasteiger partial charge is 0.255 e. The number of hydrogen-bond acceptors (Lipinski definition) is 9. The molecule has 0 radical (unpaired) electrons. The molecule has 1 aliphatic rings. The van der Waals surface area contributed by atoms with E-state index in [0.29, 0.717) is 22.6 Å². The van der Waals surface area contributed by atoms with Crippen LogP contribution in [-0.2, 0) is 5.75 Å². The molecule has 0 aliphatic carbocycles. The standard InChI is InChI=1S/C27H29N11S/c1-16-9-11-37(13-21(16)36(3)25-18-8-10-28-24(18)29-15-30-25)23-12-17(2)31-26-34-27(35-38(23)26)39-14-22-32-19-6-4-5-7-20(19)33-22/h4-8,10,12,15-16,21H,9,11,13-14H2,1-3H3,(H,32,33)(H,28,29,30)/t16-,21+/m1/s1. The number of nitrogens with one attached hydrogen (secondary N) is 2. The molecule has 6 aromatic rings. The number of hydrogen-bond donors (Lipinski definition) is 2. The maximum absolute atomic E-state index is 4.86. The van der Waals surface area contributed by atoms with Crippen LogP contribution in [-0.4, -0.2) is 70.7 Å². The monoisotopic (exact) mass is 539 g/mol. The zero-order valence-corrected chi connectivity index (χ0v) is 22.9. The Balaban J connectivity index is 1.15. The minimum Gasteiger partial charge on any atom is -0.354 e. The van der Waals surface area contributed by atoms with Crippen LogP contribution in [0.4, 0.5) is 11.6 Å². The third kappa shape index (κ3) is 4.34. The lowest BCUT2D eigenvalue weighted by molar-refractivity contribution is 0.365. The second kappa shape index (κ2) is 9.53. The largest absolute Gasteiger partial charge is 0.354 e. The van der Waals surface area contributed by atoms with E-state index < -0.39 is 0 Å². The zero-order chi connectivity index (χ0) is 26.5. The van der Waals surface area contributed by atoms with Crippen molar-refractivity contribution in [2.75, 3.05) is 29.9 Å². The Morgan fingerprint density at radius 3 is 2.92 bits per heavy atom. The molecule has 5 aromatic heterocycles. The van der Waals surface area contributed by atoms with Crippen LogP contribution in [0.15, 0.2) is 54.1 Å². The summed E-state index contributed by atoms with van der Waals surface area (Å²) in [7, 11) is 2.13. The predicted octanol–water partition coefficient (Wildman–Crippen LogP) is 4.22. The third-order valence-electron chi connectivity index (χ3n) is 7.59. The van der Waals surface area contributed by atoms with Crippen molar-refractivity contribution in [3.8, 4) is 0 Å². The molecule has 0 spiro atoms. The van der Waals surface area contributed by atoms with Crippen LogP contribution in [0.2, 0.25) is 0 Å². The van der Waals surface area contributed by atoms with Gasteiger partial charge in [-0.25, -0.2) is 19.9 Å². The van der Waals surface area contributed by atoms with E-state index in [9.17, 15) is 0 Å². The second-order valence-corrected chi connectivity index (χ2v) is 11.1. The predicted molar refractivity (Wildman–Crippen MR) is 153 cm³/mol. The van der Waals surface area contributed by atoms with Gasteiger partial charge in [0.05, 0.1) is 28.2 Å². The summed E-state index contributed by atoms with van der Waals surface area (Å²) in [4.78, 5) is 34.4. The molecule has 0 unspecified atom stereocenters. The van der Waals surface area contributed by atoms with Crippen molar-refractivity contribution >= 4 is 51.2 Å². The molecule has 12 heteroatoms. The van der Waals surface area contributed by atoms with Crippen molar-refractivity contribution in [3.63, 3.8) is 0 Å². The highest BCUT2D eigenvalue weighted by molar-refractivity contribution is 7.98. The van der Waals surface area contributed by atoms with Crippen LogP contribution in [0, 0.1) is 12.8 Å². The molecule has 0 bridgehead atoms. The summed E-state index contributed by atoms with van der Waals surface area (Å²) >= 11 is 1.56. The number of rotatable bonds is 6. The maximum Gasteiger partial charge on any atom is 0.255 e. The first-order valence-corrected chi connectivity index (χ1v) is 14.1. The maximum atomic E-state index is 4.86. The quantitative estimate of drug-likeness (QED) is 0.300. The molecule has 2 atom stereocenters. The highest BCUT2D eigenvalue weighted by Gasteiger charge is 2.32. The van der Waals surface area contributed by atoms with Crippen LogP contribution in [0.25, 0.3) is 27.8 Å². The minimum atomic E-state index is 0.265. The van der Waals surface area contributed by atoms with Gasteiger partial charge in [0.2, 0.25) is 5.16 Å². The molecule has 7 rings (SSSR count). The van der Waals surface area contributed by atoms with Crippen molar-refractivity contribution in [3.05, 3.63) is 60.4 Å². The molecule has 1 fully saturated rings. The normalized spacial score (nSPS) is 18.0. The summed E-state index contributed by atoms with van der Waals surface area (Å²) in [5, 5.41) is 6.58. The van der Waals surface area contributed by atoms with Gasteiger partial charge in [-0.3, -0.25) is 0 Å². The topological polar surface area (TPSA) is 120 Å². The van der Waals surface area contributed by atoms with Gasteiger partial charge in [0.15, 0.2) is 0 Å². The highest BCUT2D eigenvalue weighted by Crippen LogP contribution is 2.31. The number of aromatic nitrogens is 9.